The van der Waals surface area contributed by atoms with Crippen molar-refractivity contribution in [2.75, 3.05) is 55.4 Å². The molecule has 0 aromatic heterocycles. The lowest BCUT2D eigenvalue weighted by Gasteiger charge is -2.21. The SMILES string of the molecule is CN(C)C(=O)N(C)CC#CC[N+](C)(C)C. The molecule has 0 saturated heterocycles. The number of urea groups is 1. The molecule has 0 heterocycles. The van der Waals surface area contributed by atoms with Gasteiger partial charge in [0.25, 0.3) is 0 Å². The molecule has 0 rings (SSSR count). The minimum Gasteiger partial charge on any atom is -0.331 e. The van der Waals surface area contributed by atoms with E-state index in [0.717, 1.165) is 11.0 Å². The fourth-order valence-corrected chi connectivity index (χ4v) is 0.877. The van der Waals surface area contributed by atoms with E-state index in [1.165, 1.54) is 0 Å². The third-order valence-electron chi connectivity index (χ3n) is 1.70. The van der Waals surface area contributed by atoms with Gasteiger partial charge in [0.2, 0.25) is 0 Å². The van der Waals surface area contributed by atoms with Crippen LogP contribution in [0.5, 0.6) is 0 Å². The number of carbonyl (C=O) groups is 1. The first-order valence-electron chi connectivity index (χ1n) is 4.92. The number of amides is 2. The fourth-order valence-electron chi connectivity index (χ4n) is 0.877. The molecule has 0 bridgehead atoms. The van der Waals surface area contributed by atoms with Crippen molar-refractivity contribution in [3.63, 3.8) is 0 Å². The van der Waals surface area contributed by atoms with E-state index in [4.69, 9.17) is 0 Å². The van der Waals surface area contributed by atoms with Crippen molar-refractivity contribution in [3.8, 4) is 11.8 Å². The molecule has 0 aromatic carbocycles. The number of carbonyl (C=O) groups excluding carboxylic acids is 1. The van der Waals surface area contributed by atoms with Crippen LogP contribution in [-0.2, 0) is 0 Å². The molecule has 2 amide bonds. The van der Waals surface area contributed by atoms with Gasteiger partial charge < -0.3 is 14.3 Å². The Balaban J connectivity index is 4.00. The number of quaternary nitrogens is 1. The summed E-state index contributed by atoms with van der Waals surface area (Å²) in [5, 5.41) is 0. The molecule has 0 spiro atoms. The lowest BCUT2D eigenvalue weighted by molar-refractivity contribution is -0.862. The van der Waals surface area contributed by atoms with Crippen LogP contribution in [-0.4, -0.2) is 75.7 Å². The first-order chi connectivity index (χ1) is 6.74. The summed E-state index contributed by atoms with van der Waals surface area (Å²) in [4.78, 5) is 14.6. The quantitative estimate of drug-likeness (QED) is 0.477. The van der Waals surface area contributed by atoms with Gasteiger partial charge >= 0.3 is 6.03 Å². The van der Waals surface area contributed by atoms with Gasteiger partial charge in [-0.3, -0.25) is 0 Å². The molecule has 86 valence electrons. The zero-order valence-corrected chi connectivity index (χ0v) is 10.7. The summed E-state index contributed by atoms with van der Waals surface area (Å²) in [5.41, 5.74) is 0. The molecule has 0 fully saturated rings. The Bertz CT molecular complexity index is 268. The highest BCUT2D eigenvalue weighted by Crippen LogP contribution is 1.90. The first-order valence-corrected chi connectivity index (χ1v) is 4.92. The van der Waals surface area contributed by atoms with E-state index in [1.54, 1.807) is 30.9 Å². The Hall–Kier alpha value is -1.21. The van der Waals surface area contributed by atoms with Crippen LogP contribution >= 0.6 is 0 Å². The van der Waals surface area contributed by atoms with Gasteiger partial charge in [-0.1, -0.05) is 5.92 Å². The third-order valence-corrected chi connectivity index (χ3v) is 1.70. The van der Waals surface area contributed by atoms with Crippen LogP contribution in [0.2, 0.25) is 0 Å². The Morgan fingerprint density at radius 2 is 1.67 bits per heavy atom. The van der Waals surface area contributed by atoms with Gasteiger partial charge in [0.15, 0.2) is 0 Å². The van der Waals surface area contributed by atoms with E-state index >= 15 is 0 Å². The topological polar surface area (TPSA) is 23.6 Å². The van der Waals surface area contributed by atoms with E-state index in [1.807, 2.05) is 0 Å². The number of hydrogen-bond donors (Lipinski definition) is 0. The molecule has 0 aliphatic rings. The minimum absolute atomic E-state index is 0.0189. The maximum Gasteiger partial charge on any atom is 0.320 e. The van der Waals surface area contributed by atoms with Crippen LogP contribution in [0.15, 0.2) is 0 Å². The third kappa shape index (κ3) is 6.81. The van der Waals surface area contributed by atoms with Crippen LogP contribution in [0.4, 0.5) is 4.79 Å². The first kappa shape index (κ1) is 13.8. The van der Waals surface area contributed by atoms with Gasteiger partial charge in [-0.15, -0.1) is 0 Å². The highest BCUT2D eigenvalue weighted by molar-refractivity contribution is 5.73. The molecule has 0 aromatic rings. The van der Waals surface area contributed by atoms with Gasteiger partial charge in [-0.05, 0) is 5.92 Å². The number of hydrogen-bond acceptors (Lipinski definition) is 1. The molecule has 0 saturated carbocycles. The molecule has 0 N–H and O–H groups in total. The molecule has 0 aliphatic carbocycles. The Labute approximate surface area is 93.0 Å². The van der Waals surface area contributed by atoms with Gasteiger partial charge in [-0.2, -0.15) is 0 Å². The summed E-state index contributed by atoms with van der Waals surface area (Å²) < 4.78 is 0.818. The summed E-state index contributed by atoms with van der Waals surface area (Å²) in [5.74, 6) is 6.05. The lowest BCUT2D eigenvalue weighted by atomic mass is 10.4. The van der Waals surface area contributed by atoms with Gasteiger partial charge in [0.1, 0.15) is 6.54 Å². The van der Waals surface area contributed by atoms with E-state index in [2.05, 4.69) is 33.0 Å². The van der Waals surface area contributed by atoms with E-state index in [-0.39, 0.29) is 6.03 Å². The molecule has 15 heavy (non-hydrogen) atoms. The van der Waals surface area contributed by atoms with E-state index in [9.17, 15) is 4.79 Å². The van der Waals surface area contributed by atoms with Crippen LogP contribution in [0, 0.1) is 11.8 Å². The van der Waals surface area contributed by atoms with Crippen LogP contribution in [0.1, 0.15) is 0 Å². The monoisotopic (exact) mass is 212 g/mol. The summed E-state index contributed by atoms with van der Waals surface area (Å²) >= 11 is 0. The Morgan fingerprint density at radius 3 is 2.07 bits per heavy atom. The second-order valence-corrected chi connectivity index (χ2v) is 4.84. The second-order valence-electron chi connectivity index (χ2n) is 4.84. The van der Waals surface area contributed by atoms with Crippen LogP contribution in [0.3, 0.4) is 0 Å². The second kappa shape index (κ2) is 5.62. The van der Waals surface area contributed by atoms with Crippen molar-refractivity contribution in [3.05, 3.63) is 0 Å². The van der Waals surface area contributed by atoms with Crippen molar-refractivity contribution in [1.82, 2.24) is 9.80 Å². The maximum absolute atomic E-state index is 11.4. The predicted octanol–water partition coefficient (Wildman–Crippen LogP) is 0.309. The number of rotatable bonds is 2. The Kier molecular flexibility index (Phi) is 5.16. The van der Waals surface area contributed by atoms with Crippen molar-refractivity contribution < 1.29 is 9.28 Å². The molecule has 0 atom stereocenters. The molecule has 0 radical (unpaired) electrons. The van der Waals surface area contributed by atoms with Crippen molar-refractivity contribution >= 4 is 6.03 Å². The zero-order chi connectivity index (χ0) is 12.1. The van der Waals surface area contributed by atoms with Crippen molar-refractivity contribution in [1.29, 1.82) is 0 Å². The maximum atomic E-state index is 11.4. The van der Waals surface area contributed by atoms with Crippen LogP contribution < -0.4 is 0 Å². The van der Waals surface area contributed by atoms with Gasteiger partial charge in [0, 0.05) is 21.1 Å². The summed E-state index contributed by atoms with van der Waals surface area (Å²) in [6.45, 7) is 1.28. The zero-order valence-electron chi connectivity index (χ0n) is 10.7. The van der Waals surface area contributed by atoms with E-state index < -0.39 is 0 Å². The predicted molar refractivity (Wildman–Crippen MR) is 62.4 cm³/mol. The summed E-state index contributed by atoms with van der Waals surface area (Å²) in [7, 11) is 11.5. The van der Waals surface area contributed by atoms with Crippen LogP contribution in [0.25, 0.3) is 0 Å². The summed E-state index contributed by atoms with van der Waals surface area (Å²) in [6, 6.07) is -0.0189. The molecule has 4 nitrogen and oxygen atoms in total. The van der Waals surface area contributed by atoms with Crippen molar-refractivity contribution in [2.45, 2.75) is 0 Å². The molecular formula is C11H22N3O+. The lowest BCUT2D eigenvalue weighted by Crippen LogP contribution is -2.37. The molecule has 0 unspecified atom stereocenters. The average Bonchev–Trinajstić information content (AvgIpc) is 2.09. The van der Waals surface area contributed by atoms with Crippen molar-refractivity contribution in [2.24, 2.45) is 0 Å². The normalized spacial score (nSPS) is 10.3. The smallest absolute Gasteiger partial charge is 0.320 e. The Morgan fingerprint density at radius 1 is 1.13 bits per heavy atom. The summed E-state index contributed by atoms with van der Waals surface area (Å²) in [6.07, 6.45) is 0. The molecular weight excluding hydrogens is 190 g/mol. The number of nitrogens with zero attached hydrogens (tertiary/aromatic N) is 3. The van der Waals surface area contributed by atoms with E-state index in [0.29, 0.717) is 6.54 Å². The molecule has 4 heteroatoms. The highest BCUT2D eigenvalue weighted by Gasteiger charge is 2.08. The fraction of sp³-hybridized carbons (Fsp3) is 0.727. The highest BCUT2D eigenvalue weighted by atomic mass is 16.2. The largest absolute Gasteiger partial charge is 0.331 e. The standard InChI is InChI=1S/C11H22N3O/c1-12(2)11(15)13(3)9-7-8-10-14(4,5)6/h9-10H2,1-6H3/q+1. The van der Waals surface area contributed by atoms with Gasteiger partial charge in [-0.25, -0.2) is 4.79 Å². The minimum atomic E-state index is -0.0189. The molecule has 0 aliphatic heterocycles. The van der Waals surface area contributed by atoms with Gasteiger partial charge in [0.05, 0.1) is 27.7 Å². The average molecular weight is 212 g/mol.